The highest BCUT2D eigenvalue weighted by atomic mass is 31.2. The van der Waals surface area contributed by atoms with Crippen LogP contribution in [0.2, 0.25) is 0 Å². The van der Waals surface area contributed by atoms with Gasteiger partial charge in [0.25, 0.3) is 0 Å². The topological polar surface area (TPSA) is 188 Å². The predicted molar refractivity (Wildman–Crippen MR) is 50.2 cm³/mol. The van der Waals surface area contributed by atoms with Gasteiger partial charge in [-0.05, 0) is 0 Å². The number of hydrogen-bond acceptors (Lipinski definition) is 8. The molecule has 0 aromatic heterocycles. The van der Waals surface area contributed by atoms with E-state index in [1.807, 2.05) is 0 Å². The summed E-state index contributed by atoms with van der Waals surface area (Å²) in [5.41, 5.74) is 0. The third kappa shape index (κ3) is 5.84. The van der Waals surface area contributed by atoms with Crippen molar-refractivity contribution in [2.24, 2.45) is 0 Å². The Kier molecular flexibility index (Phi) is 6.66. The number of rotatable bonds is 7. The second-order valence-electron chi connectivity index (χ2n) is 3.21. The molecule has 0 bridgehead atoms. The molecule has 0 spiro atoms. The minimum Gasteiger partial charge on any atom is -0.394 e. The Morgan fingerprint density at radius 2 is 1.41 bits per heavy atom. The molecule has 0 aromatic rings. The maximum absolute atomic E-state index is 10.3. The third-order valence-electron chi connectivity index (χ3n) is 1.82. The van der Waals surface area contributed by atoms with Gasteiger partial charge < -0.3 is 40.4 Å². The Hall–Kier alpha value is -0.130. The molecule has 8 N–H and O–H groups in total. The van der Waals surface area contributed by atoms with Crippen molar-refractivity contribution in [1.82, 2.24) is 0 Å². The molecule has 0 rings (SSSR count). The van der Waals surface area contributed by atoms with E-state index in [1.165, 1.54) is 0 Å². The summed E-state index contributed by atoms with van der Waals surface area (Å²) in [7, 11) is -5.09. The highest BCUT2D eigenvalue weighted by molar-refractivity contribution is 7.46. The van der Waals surface area contributed by atoms with Crippen molar-refractivity contribution in [3.8, 4) is 0 Å². The SMILES string of the molecule is O=P(O)(O)OC(O)[C@H](O)[C@@H](O)[C@H](O)[C@H](O)CO. The Labute approximate surface area is 95.6 Å². The quantitative estimate of drug-likeness (QED) is 0.168. The highest BCUT2D eigenvalue weighted by Crippen LogP contribution is 2.37. The first-order valence-corrected chi connectivity index (χ1v) is 5.88. The smallest absolute Gasteiger partial charge is 0.394 e. The summed E-state index contributed by atoms with van der Waals surface area (Å²) in [6.45, 7) is -0.930. The van der Waals surface area contributed by atoms with E-state index in [4.69, 9.17) is 35.3 Å². The van der Waals surface area contributed by atoms with Crippen LogP contribution in [0, 0.1) is 0 Å². The lowest BCUT2D eigenvalue weighted by Crippen LogP contribution is -2.50. The van der Waals surface area contributed by atoms with Crippen LogP contribution in [0.25, 0.3) is 0 Å². The summed E-state index contributed by atoms with van der Waals surface area (Å²) in [4.78, 5) is 16.6. The average molecular weight is 278 g/mol. The van der Waals surface area contributed by atoms with Crippen LogP contribution in [0.5, 0.6) is 0 Å². The molecule has 0 aromatic carbocycles. The van der Waals surface area contributed by atoms with Crippen LogP contribution in [0.3, 0.4) is 0 Å². The van der Waals surface area contributed by atoms with E-state index in [2.05, 4.69) is 4.52 Å². The summed E-state index contributed by atoms with van der Waals surface area (Å²) in [6.07, 6.45) is -10.8. The lowest BCUT2D eigenvalue weighted by atomic mass is 10.0. The number of aliphatic hydroxyl groups is 6. The lowest BCUT2D eigenvalue weighted by molar-refractivity contribution is -0.185. The first kappa shape index (κ1) is 16.9. The van der Waals surface area contributed by atoms with E-state index in [9.17, 15) is 9.67 Å². The molecule has 0 aliphatic carbocycles. The lowest BCUT2D eigenvalue weighted by Gasteiger charge is -2.28. The van der Waals surface area contributed by atoms with Gasteiger partial charge >= 0.3 is 7.82 Å². The molecule has 0 aliphatic heterocycles. The van der Waals surface area contributed by atoms with E-state index in [1.54, 1.807) is 0 Å². The summed E-state index contributed by atoms with van der Waals surface area (Å²) in [6, 6.07) is 0. The van der Waals surface area contributed by atoms with E-state index in [0.717, 1.165) is 0 Å². The van der Waals surface area contributed by atoms with Gasteiger partial charge in [-0.3, -0.25) is 4.52 Å². The van der Waals surface area contributed by atoms with Crippen molar-refractivity contribution in [3.63, 3.8) is 0 Å². The molecule has 0 fully saturated rings. The largest absolute Gasteiger partial charge is 0.472 e. The second kappa shape index (κ2) is 6.71. The zero-order valence-corrected chi connectivity index (χ0v) is 9.33. The Morgan fingerprint density at radius 3 is 1.76 bits per heavy atom. The van der Waals surface area contributed by atoms with Crippen LogP contribution >= 0.6 is 7.82 Å². The van der Waals surface area contributed by atoms with Gasteiger partial charge in [-0.2, -0.15) is 0 Å². The van der Waals surface area contributed by atoms with E-state index < -0.39 is 45.1 Å². The number of phosphoric ester groups is 1. The van der Waals surface area contributed by atoms with Crippen LogP contribution < -0.4 is 0 Å². The first-order valence-electron chi connectivity index (χ1n) is 4.35. The van der Waals surface area contributed by atoms with E-state index in [-0.39, 0.29) is 0 Å². The van der Waals surface area contributed by atoms with Gasteiger partial charge in [0.2, 0.25) is 0 Å². The van der Waals surface area contributed by atoms with Crippen molar-refractivity contribution in [2.45, 2.75) is 30.7 Å². The van der Waals surface area contributed by atoms with Gasteiger partial charge in [0.05, 0.1) is 6.61 Å². The minimum atomic E-state index is -5.09. The molecule has 0 radical (unpaired) electrons. The van der Waals surface area contributed by atoms with Crippen molar-refractivity contribution in [2.75, 3.05) is 6.61 Å². The highest BCUT2D eigenvalue weighted by Gasteiger charge is 2.37. The van der Waals surface area contributed by atoms with E-state index >= 15 is 0 Å². The first-order chi connectivity index (χ1) is 7.60. The molecule has 5 atom stereocenters. The molecular formula is C6H15O10P. The number of phosphoric acid groups is 1. The molecule has 0 amide bonds. The van der Waals surface area contributed by atoms with Crippen LogP contribution in [-0.2, 0) is 9.09 Å². The molecule has 0 saturated carbocycles. The zero-order valence-electron chi connectivity index (χ0n) is 8.44. The van der Waals surface area contributed by atoms with Crippen LogP contribution in [0.4, 0.5) is 0 Å². The monoisotopic (exact) mass is 278 g/mol. The molecule has 0 saturated heterocycles. The standard InChI is InChI=1S/C6H15O10P/c7-1-2(8)3(9)4(10)5(11)6(12)16-17(13,14)15/h2-12H,1H2,(H2,13,14,15)/t2-,3-,4+,5-,6?/m1/s1. The molecule has 17 heavy (non-hydrogen) atoms. The van der Waals surface area contributed by atoms with Crippen molar-refractivity contribution < 1.29 is 49.5 Å². The third-order valence-corrected chi connectivity index (χ3v) is 2.31. The Bertz CT molecular complexity index is 266. The fourth-order valence-corrected chi connectivity index (χ4v) is 1.32. The molecule has 104 valence electrons. The van der Waals surface area contributed by atoms with Crippen molar-refractivity contribution in [1.29, 1.82) is 0 Å². The van der Waals surface area contributed by atoms with Gasteiger partial charge in [0, 0.05) is 0 Å². The molecule has 0 aliphatic rings. The molecule has 1 unspecified atom stereocenters. The zero-order chi connectivity index (χ0) is 13.8. The summed E-state index contributed by atoms with van der Waals surface area (Å²) in [5.74, 6) is 0. The number of aliphatic hydroxyl groups excluding tert-OH is 6. The minimum absolute atomic E-state index is 0.930. The Balaban J connectivity index is 4.48. The van der Waals surface area contributed by atoms with Gasteiger partial charge in [-0.25, -0.2) is 4.57 Å². The molecule has 10 nitrogen and oxygen atoms in total. The fraction of sp³-hybridized carbons (Fsp3) is 1.00. The summed E-state index contributed by atoms with van der Waals surface area (Å²) >= 11 is 0. The van der Waals surface area contributed by atoms with Crippen LogP contribution in [-0.4, -0.2) is 77.7 Å². The summed E-state index contributed by atoms with van der Waals surface area (Å²) < 4.78 is 13.9. The maximum atomic E-state index is 10.3. The molecule has 0 heterocycles. The van der Waals surface area contributed by atoms with Gasteiger partial charge in [0.1, 0.15) is 24.4 Å². The van der Waals surface area contributed by atoms with Gasteiger partial charge in [-0.1, -0.05) is 0 Å². The molecule has 11 heteroatoms. The maximum Gasteiger partial charge on any atom is 0.472 e. The van der Waals surface area contributed by atoms with Gasteiger partial charge in [-0.15, -0.1) is 0 Å². The normalized spacial score (nSPS) is 21.6. The predicted octanol–water partition coefficient (Wildman–Crippen LogP) is -4.15. The van der Waals surface area contributed by atoms with Gasteiger partial charge in [0.15, 0.2) is 6.29 Å². The Morgan fingerprint density at radius 1 is 0.941 bits per heavy atom. The number of hydrogen-bond donors (Lipinski definition) is 8. The molecular weight excluding hydrogens is 263 g/mol. The van der Waals surface area contributed by atoms with Crippen molar-refractivity contribution >= 4 is 7.82 Å². The summed E-state index contributed by atoms with van der Waals surface area (Å²) in [5, 5.41) is 53.8. The van der Waals surface area contributed by atoms with Crippen molar-refractivity contribution in [3.05, 3.63) is 0 Å². The van der Waals surface area contributed by atoms with Crippen LogP contribution in [0.15, 0.2) is 0 Å². The average Bonchev–Trinajstić information content (AvgIpc) is 2.22. The second-order valence-corrected chi connectivity index (χ2v) is 4.40. The fourth-order valence-electron chi connectivity index (χ4n) is 0.909. The van der Waals surface area contributed by atoms with E-state index in [0.29, 0.717) is 0 Å². The van der Waals surface area contributed by atoms with Crippen LogP contribution in [0.1, 0.15) is 0 Å².